The van der Waals surface area contributed by atoms with Gasteiger partial charge in [-0.05, 0) is 78.9 Å². The van der Waals surface area contributed by atoms with Crippen molar-refractivity contribution < 1.29 is 9.53 Å². The molecular weight excluding hydrogens is 322 g/mol. The Kier molecular flexibility index (Phi) is 4.42. The average Bonchev–Trinajstić information content (AvgIpc) is 2.60. The Morgan fingerprint density at radius 1 is 1.04 bits per heavy atom. The van der Waals surface area contributed by atoms with Crippen LogP contribution in [0.4, 0.5) is 0 Å². The molecule has 4 bridgehead atoms. The molecule has 0 heterocycles. The van der Waals surface area contributed by atoms with E-state index in [1.54, 1.807) is 0 Å². The lowest BCUT2D eigenvalue weighted by molar-refractivity contribution is -0.186. The summed E-state index contributed by atoms with van der Waals surface area (Å²) < 4.78 is 6.15. The summed E-state index contributed by atoms with van der Waals surface area (Å²) in [4.78, 5) is 12.7. The molecule has 1 amide bonds. The lowest BCUT2D eigenvalue weighted by Crippen LogP contribution is -2.63. The van der Waals surface area contributed by atoms with Gasteiger partial charge in [-0.2, -0.15) is 0 Å². The van der Waals surface area contributed by atoms with Crippen LogP contribution in [-0.4, -0.2) is 25.2 Å². The Bertz CT molecular complexity index is 642. The number of benzene rings is 1. The maximum Gasteiger partial charge on any atom is 0.251 e. The van der Waals surface area contributed by atoms with Crippen LogP contribution in [-0.2, 0) is 10.2 Å². The fourth-order valence-corrected chi connectivity index (χ4v) is 6.12. The second kappa shape index (κ2) is 6.37. The van der Waals surface area contributed by atoms with Crippen LogP contribution in [0.1, 0.15) is 68.8 Å². The molecule has 0 aliphatic heterocycles. The number of amides is 1. The summed E-state index contributed by atoms with van der Waals surface area (Å²) in [6.07, 6.45) is 6.58. The van der Waals surface area contributed by atoms with Gasteiger partial charge in [-0.1, -0.05) is 32.9 Å². The molecule has 0 aromatic heterocycles. The minimum atomic E-state index is -0.144. The standard InChI is InChI=1S/C23H33NO2/c1-22(2,3)18-7-5-17(6-8-18)21(25)24-14-23(26-4)19-10-15-9-16(12-19)13-20(23)11-15/h5-8,15-16,19-20H,9-14H2,1-4H3,(H,24,25). The van der Waals surface area contributed by atoms with Gasteiger partial charge in [0.25, 0.3) is 5.91 Å². The first kappa shape index (κ1) is 18.0. The van der Waals surface area contributed by atoms with Crippen molar-refractivity contribution in [2.75, 3.05) is 13.7 Å². The lowest BCUT2D eigenvalue weighted by atomic mass is 9.49. The number of methoxy groups -OCH3 is 1. The zero-order chi connectivity index (χ0) is 18.5. The van der Waals surface area contributed by atoms with Gasteiger partial charge in [-0.3, -0.25) is 4.79 Å². The summed E-state index contributed by atoms with van der Waals surface area (Å²) in [7, 11) is 1.85. The molecule has 0 spiro atoms. The number of rotatable bonds is 4. The lowest BCUT2D eigenvalue weighted by Gasteiger charge is -2.60. The van der Waals surface area contributed by atoms with Gasteiger partial charge < -0.3 is 10.1 Å². The van der Waals surface area contributed by atoms with E-state index in [-0.39, 0.29) is 16.9 Å². The second-order valence-corrected chi connectivity index (χ2v) is 9.97. The van der Waals surface area contributed by atoms with Crippen LogP contribution < -0.4 is 5.32 Å². The van der Waals surface area contributed by atoms with E-state index >= 15 is 0 Å². The Morgan fingerprint density at radius 3 is 2.04 bits per heavy atom. The monoisotopic (exact) mass is 355 g/mol. The first-order valence-electron chi connectivity index (χ1n) is 10.3. The smallest absolute Gasteiger partial charge is 0.251 e. The number of nitrogens with one attached hydrogen (secondary N) is 1. The van der Waals surface area contributed by atoms with E-state index < -0.39 is 0 Å². The second-order valence-electron chi connectivity index (χ2n) is 9.97. The molecule has 3 nitrogen and oxygen atoms in total. The van der Waals surface area contributed by atoms with Crippen molar-refractivity contribution in [3.05, 3.63) is 35.4 Å². The minimum Gasteiger partial charge on any atom is -0.376 e. The maximum absolute atomic E-state index is 12.7. The van der Waals surface area contributed by atoms with Gasteiger partial charge in [0.1, 0.15) is 0 Å². The normalized spacial score (nSPS) is 35.5. The van der Waals surface area contributed by atoms with Crippen LogP contribution in [0.3, 0.4) is 0 Å². The molecule has 142 valence electrons. The Balaban J connectivity index is 1.45. The highest BCUT2D eigenvalue weighted by Crippen LogP contribution is 2.59. The van der Waals surface area contributed by atoms with Crippen molar-refractivity contribution >= 4 is 5.91 Å². The molecule has 1 aromatic rings. The average molecular weight is 356 g/mol. The first-order chi connectivity index (χ1) is 12.3. The summed E-state index contributed by atoms with van der Waals surface area (Å²) in [6.45, 7) is 7.22. The Hall–Kier alpha value is -1.35. The molecule has 0 saturated heterocycles. The van der Waals surface area contributed by atoms with Crippen molar-refractivity contribution in [3.63, 3.8) is 0 Å². The summed E-state index contributed by atoms with van der Waals surface area (Å²) in [6, 6.07) is 8.05. The molecule has 4 aliphatic rings. The molecule has 0 atom stereocenters. The van der Waals surface area contributed by atoms with E-state index in [2.05, 4.69) is 38.2 Å². The first-order valence-corrected chi connectivity index (χ1v) is 10.3. The van der Waals surface area contributed by atoms with E-state index in [1.807, 2.05) is 19.2 Å². The van der Waals surface area contributed by atoms with Crippen LogP contribution in [0.5, 0.6) is 0 Å². The van der Waals surface area contributed by atoms with E-state index in [1.165, 1.54) is 37.7 Å². The van der Waals surface area contributed by atoms with Gasteiger partial charge in [0.2, 0.25) is 0 Å². The van der Waals surface area contributed by atoms with E-state index in [9.17, 15) is 4.79 Å². The number of carbonyl (C=O) groups is 1. The van der Waals surface area contributed by atoms with Crippen LogP contribution in [0.2, 0.25) is 0 Å². The van der Waals surface area contributed by atoms with E-state index in [0.717, 1.165) is 17.4 Å². The zero-order valence-corrected chi connectivity index (χ0v) is 16.7. The molecular formula is C23H33NO2. The fraction of sp³-hybridized carbons (Fsp3) is 0.696. The molecule has 3 heteroatoms. The predicted octanol–water partition coefficient (Wildman–Crippen LogP) is 4.56. The number of carbonyl (C=O) groups excluding carboxylic acids is 1. The predicted molar refractivity (Wildman–Crippen MR) is 104 cm³/mol. The third-order valence-corrected chi connectivity index (χ3v) is 7.44. The van der Waals surface area contributed by atoms with Gasteiger partial charge in [0.05, 0.1) is 5.60 Å². The number of hydrogen-bond acceptors (Lipinski definition) is 2. The van der Waals surface area contributed by atoms with Crippen molar-refractivity contribution in [2.24, 2.45) is 23.7 Å². The van der Waals surface area contributed by atoms with Crippen LogP contribution in [0, 0.1) is 23.7 Å². The summed E-state index contributed by atoms with van der Waals surface area (Å²) >= 11 is 0. The van der Waals surface area contributed by atoms with Crippen molar-refractivity contribution in [3.8, 4) is 0 Å². The van der Waals surface area contributed by atoms with Crippen LogP contribution >= 0.6 is 0 Å². The highest BCUT2D eigenvalue weighted by Gasteiger charge is 2.57. The van der Waals surface area contributed by atoms with Crippen molar-refractivity contribution in [2.45, 2.75) is 63.9 Å². The van der Waals surface area contributed by atoms with E-state index in [0.29, 0.717) is 18.4 Å². The third-order valence-electron chi connectivity index (χ3n) is 7.44. The fourth-order valence-electron chi connectivity index (χ4n) is 6.12. The molecule has 5 rings (SSSR count). The summed E-state index contributed by atoms with van der Waals surface area (Å²) in [5, 5.41) is 3.21. The molecule has 4 saturated carbocycles. The SMILES string of the molecule is COC1(CNC(=O)c2ccc(C(C)(C)C)cc2)C2CC3CC(C2)CC1C3. The molecule has 26 heavy (non-hydrogen) atoms. The third kappa shape index (κ3) is 2.98. The van der Waals surface area contributed by atoms with Gasteiger partial charge in [-0.15, -0.1) is 0 Å². The molecule has 0 unspecified atom stereocenters. The number of hydrogen-bond donors (Lipinski definition) is 1. The Labute approximate surface area is 157 Å². The van der Waals surface area contributed by atoms with Gasteiger partial charge >= 0.3 is 0 Å². The maximum atomic E-state index is 12.7. The topological polar surface area (TPSA) is 38.3 Å². The summed E-state index contributed by atoms with van der Waals surface area (Å²) in [5.41, 5.74) is 1.96. The van der Waals surface area contributed by atoms with Gasteiger partial charge in [-0.25, -0.2) is 0 Å². The molecule has 0 radical (unpaired) electrons. The largest absolute Gasteiger partial charge is 0.376 e. The zero-order valence-electron chi connectivity index (χ0n) is 16.7. The summed E-state index contributed by atoms with van der Waals surface area (Å²) in [5.74, 6) is 3.07. The van der Waals surface area contributed by atoms with Crippen molar-refractivity contribution in [1.82, 2.24) is 5.32 Å². The molecule has 4 aliphatic carbocycles. The quantitative estimate of drug-likeness (QED) is 0.860. The van der Waals surface area contributed by atoms with Crippen LogP contribution in [0.25, 0.3) is 0 Å². The highest BCUT2D eigenvalue weighted by molar-refractivity contribution is 5.94. The van der Waals surface area contributed by atoms with Gasteiger partial charge in [0, 0.05) is 19.2 Å². The van der Waals surface area contributed by atoms with Crippen molar-refractivity contribution in [1.29, 1.82) is 0 Å². The van der Waals surface area contributed by atoms with Crippen LogP contribution in [0.15, 0.2) is 24.3 Å². The molecule has 1 N–H and O–H groups in total. The molecule has 4 fully saturated rings. The van der Waals surface area contributed by atoms with Gasteiger partial charge in [0.15, 0.2) is 0 Å². The Morgan fingerprint density at radius 2 is 1.58 bits per heavy atom. The highest BCUT2D eigenvalue weighted by atomic mass is 16.5. The number of ether oxygens (including phenoxy) is 1. The minimum absolute atomic E-state index is 0.0238. The van der Waals surface area contributed by atoms with E-state index in [4.69, 9.17) is 4.74 Å². The molecule has 1 aromatic carbocycles.